The summed E-state index contributed by atoms with van der Waals surface area (Å²) in [6.07, 6.45) is 8.48. The Bertz CT molecular complexity index is 530. The van der Waals surface area contributed by atoms with Crippen LogP contribution in [-0.4, -0.2) is 17.4 Å². The lowest BCUT2D eigenvalue weighted by Gasteiger charge is -2.18. The van der Waals surface area contributed by atoms with E-state index in [2.05, 4.69) is 22.5 Å². The molecule has 0 saturated heterocycles. The number of allylic oxidation sites excluding steroid dienone is 2. The van der Waals surface area contributed by atoms with Gasteiger partial charge in [0, 0.05) is 23.5 Å². The number of hydrogen-bond donors (Lipinski definition) is 1. The maximum Gasteiger partial charge on any atom is 0.251 e. The first-order valence-electron chi connectivity index (χ1n) is 7.53. The summed E-state index contributed by atoms with van der Waals surface area (Å²) >= 11 is 0. The van der Waals surface area contributed by atoms with Crippen molar-refractivity contribution in [2.45, 2.75) is 33.1 Å². The number of amides is 1. The topological polar surface area (TPSA) is 42.0 Å². The number of nitrogens with one attached hydrogen (secondary N) is 1. The van der Waals surface area contributed by atoms with E-state index in [1.807, 2.05) is 26.0 Å². The second kappa shape index (κ2) is 5.39. The first kappa shape index (κ1) is 13.3. The molecule has 2 aliphatic carbocycles. The molecule has 2 bridgehead atoms. The third kappa shape index (κ3) is 2.77. The summed E-state index contributed by atoms with van der Waals surface area (Å²) in [5.41, 5.74) is 2.52. The lowest BCUT2D eigenvalue weighted by atomic mass is 9.90. The number of hydrogen-bond acceptors (Lipinski definition) is 2. The zero-order valence-corrected chi connectivity index (χ0v) is 12.2. The standard InChI is InChI=1S/C17H22N2O/c1-11-7-16(8-12(2)19-11)17(20)18-6-5-15-10-13-3-4-14(15)9-13/h3-4,7-8,13-15H,5-6,9-10H2,1-2H3,(H,18,20)/t13-,14+,15-/m1/s1. The molecule has 3 heteroatoms. The summed E-state index contributed by atoms with van der Waals surface area (Å²) in [6.45, 7) is 4.62. The minimum absolute atomic E-state index is 0.0253. The lowest BCUT2D eigenvalue weighted by molar-refractivity contribution is 0.0950. The van der Waals surface area contributed by atoms with Crippen molar-refractivity contribution in [3.05, 3.63) is 41.2 Å². The molecule has 1 N–H and O–H groups in total. The molecule has 0 spiro atoms. The highest BCUT2D eigenvalue weighted by atomic mass is 16.1. The van der Waals surface area contributed by atoms with Crippen LogP contribution in [0.1, 0.15) is 41.0 Å². The molecule has 0 radical (unpaired) electrons. The van der Waals surface area contributed by atoms with Crippen LogP contribution in [0.4, 0.5) is 0 Å². The summed E-state index contributed by atoms with van der Waals surface area (Å²) in [4.78, 5) is 16.4. The largest absolute Gasteiger partial charge is 0.352 e. The quantitative estimate of drug-likeness (QED) is 0.854. The number of carbonyl (C=O) groups excluding carboxylic acids is 1. The van der Waals surface area contributed by atoms with E-state index in [-0.39, 0.29) is 5.91 Å². The number of aryl methyl sites for hydroxylation is 2. The Morgan fingerprint density at radius 3 is 2.60 bits per heavy atom. The summed E-state index contributed by atoms with van der Waals surface area (Å²) in [7, 11) is 0. The van der Waals surface area contributed by atoms with Crippen LogP contribution in [0.5, 0.6) is 0 Å². The lowest BCUT2D eigenvalue weighted by Crippen LogP contribution is -2.27. The van der Waals surface area contributed by atoms with Crippen LogP contribution in [0.3, 0.4) is 0 Å². The Balaban J connectivity index is 1.51. The molecule has 2 aliphatic rings. The first-order chi connectivity index (χ1) is 9.61. The van der Waals surface area contributed by atoms with Crippen LogP contribution in [-0.2, 0) is 0 Å². The molecule has 1 saturated carbocycles. The SMILES string of the molecule is Cc1cc(C(=O)NCC[C@@H]2C[C@@H]3C=C[C@H]2C3)cc(C)n1. The fraction of sp³-hybridized carbons (Fsp3) is 0.529. The van der Waals surface area contributed by atoms with Gasteiger partial charge in [-0.15, -0.1) is 0 Å². The van der Waals surface area contributed by atoms with Gasteiger partial charge in [-0.3, -0.25) is 9.78 Å². The Labute approximate surface area is 120 Å². The average Bonchev–Trinajstić information content (AvgIpc) is 2.99. The maximum absolute atomic E-state index is 12.1. The highest BCUT2D eigenvalue weighted by Crippen LogP contribution is 2.44. The van der Waals surface area contributed by atoms with Crippen molar-refractivity contribution < 1.29 is 4.79 Å². The van der Waals surface area contributed by atoms with Gasteiger partial charge in [-0.25, -0.2) is 0 Å². The van der Waals surface area contributed by atoms with Gasteiger partial charge in [-0.1, -0.05) is 12.2 Å². The van der Waals surface area contributed by atoms with Gasteiger partial charge in [0.2, 0.25) is 0 Å². The van der Waals surface area contributed by atoms with Crippen molar-refractivity contribution in [2.24, 2.45) is 17.8 Å². The highest BCUT2D eigenvalue weighted by Gasteiger charge is 2.34. The molecule has 106 valence electrons. The van der Waals surface area contributed by atoms with Gasteiger partial charge in [0.25, 0.3) is 5.91 Å². The minimum Gasteiger partial charge on any atom is -0.352 e. The number of rotatable bonds is 4. The van der Waals surface area contributed by atoms with Crippen molar-refractivity contribution in [1.29, 1.82) is 0 Å². The van der Waals surface area contributed by atoms with E-state index in [1.54, 1.807) is 0 Å². The van der Waals surface area contributed by atoms with Crippen LogP contribution in [0.25, 0.3) is 0 Å². The van der Waals surface area contributed by atoms with E-state index in [1.165, 1.54) is 12.8 Å². The Morgan fingerprint density at radius 2 is 2.00 bits per heavy atom. The van der Waals surface area contributed by atoms with Gasteiger partial charge < -0.3 is 5.32 Å². The molecule has 1 aromatic heterocycles. The molecule has 1 amide bonds. The maximum atomic E-state index is 12.1. The smallest absolute Gasteiger partial charge is 0.251 e. The molecule has 3 rings (SSSR count). The van der Waals surface area contributed by atoms with Gasteiger partial charge in [0.15, 0.2) is 0 Å². The fourth-order valence-corrected chi connectivity index (χ4v) is 3.67. The molecule has 0 aromatic carbocycles. The fourth-order valence-electron chi connectivity index (χ4n) is 3.67. The second-order valence-electron chi connectivity index (χ2n) is 6.22. The zero-order valence-electron chi connectivity index (χ0n) is 12.2. The summed E-state index contributed by atoms with van der Waals surface area (Å²) in [6, 6.07) is 3.70. The summed E-state index contributed by atoms with van der Waals surface area (Å²) < 4.78 is 0. The van der Waals surface area contributed by atoms with E-state index in [4.69, 9.17) is 0 Å². The minimum atomic E-state index is 0.0253. The van der Waals surface area contributed by atoms with Crippen LogP contribution >= 0.6 is 0 Å². The van der Waals surface area contributed by atoms with Crippen molar-refractivity contribution in [3.8, 4) is 0 Å². The van der Waals surface area contributed by atoms with Crippen molar-refractivity contribution in [1.82, 2.24) is 10.3 Å². The van der Waals surface area contributed by atoms with E-state index in [0.29, 0.717) is 0 Å². The number of carbonyl (C=O) groups is 1. The van der Waals surface area contributed by atoms with Crippen molar-refractivity contribution in [2.75, 3.05) is 6.54 Å². The van der Waals surface area contributed by atoms with Gasteiger partial charge in [0.1, 0.15) is 0 Å². The third-order valence-electron chi connectivity index (χ3n) is 4.56. The zero-order chi connectivity index (χ0) is 14.1. The molecule has 20 heavy (non-hydrogen) atoms. The van der Waals surface area contributed by atoms with Gasteiger partial charge in [-0.2, -0.15) is 0 Å². The predicted molar refractivity (Wildman–Crippen MR) is 79.5 cm³/mol. The molecular formula is C17H22N2O. The summed E-state index contributed by atoms with van der Waals surface area (Å²) in [5.74, 6) is 2.37. The van der Waals surface area contributed by atoms with Crippen LogP contribution < -0.4 is 5.32 Å². The Morgan fingerprint density at radius 1 is 1.25 bits per heavy atom. The Hall–Kier alpha value is -1.64. The normalized spacial score (nSPS) is 27.0. The monoisotopic (exact) mass is 270 g/mol. The van der Waals surface area contributed by atoms with E-state index in [9.17, 15) is 4.79 Å². The molecule has 0 aliphatic heterocycles. The molecular weight excluding hydrogens is 248 g/mol. The number of aromatic nitrogens is 1. The molecule has 1 fully saturated rings. The number of nitrogens with zero attached hydrogens (tertiary/aromatic N) is 1. The van der Waals surface area contributed by atoms with Gasteiger partial charge in [0.05, 0.1) is 0 Å². The van der Waals surface area contributed by atoms with E-state index >= 15 is 0 Å². The average molecular weight is 270 g/mol. The van der Waals surface area contributed by atoms with Gasteiger partial charge >= 0.3 is 0 Å². The summed E-state index contributed by atoms with van der Waals surface area (Å²) in [5, 5.41) is 3.05. The highest BCUT2D eigenvalue weighted by molar-refractivity contribution is 5.94. The van der Waals surface area contributed by atoms with Crippen LogP contribution in [0.15, 0.2) is 24.3 Å². The second-order valence-corrected chi connectivity index (χ2v) is 6.22. The number of pyridine rings is 1. The molecule has 1 aromatic rings. The molecule has 1 heterocycles. The molecule has 3 nitrogen and oxygen atoms in total. The van der Waals surface area contributed by atoms with E-state index in [0.717, 1.165) is 47.7 Å². The molecule has 0 unspecified atom stereocenters. The van der Waals surface area contributed by atoms with Crippen LogP contribution in [0, 0.1) is 31.6 Å². The third-order valence-corrected chi connectivity index (χ3v) is 4.56. The Kier molecular flexibility index (Phi) is 3.60. The number of fused-ring (bicyclic) bond motifs is 2. The molecule has 3 atom stereocenters. The van der Waals surface area contributed by atoms with Gasteiger partial charge in [-0.05, 0) is 63.0 Å². The van der Waals surface area contributed by atoms with Crippen molar-refractivity contribution >= 4 is 5.91 Å². The first-order valence-corrected chi connectivity index (χ1v) is 7.53. The predicted octanol–water partition coefficient (Wildman–Crippen LogP) is 3.03. The van der Waals surface area contributed by atoms with Crippen LogP contribution in [0.2, 0.25) is 0 Å². The van der Waals surface area contributed by atoms with Crippen molar-refractivity contribution in [3.63, 3.8) is 0 Å². The van der Waals surface area contributed by atoms with E-state index < -0.39 is 0 Å².